The Hall–Kier alpha value is -0.850. The van der Waals surface area contributed by atoms with Crippen molar-refractivity contribution >= 4 is 28.6 Å². The van der Waals surface area contributed by atoms with Crippen molar-refractivity contribution in [3.05, 3.63) is 27.1 Å². The highest BCUT2D eigenvalue weighted by atomic mass is 127. The van der Waals surface area contributed by atoms with Crippen LogP contribution >= 0.6 is 22.6 Å². The zero-order valence-electron chi connectivity index (χ0n) is 8.63. The summed E-state index contributed by atoms with van der Waals surface area (Å²) >= 11 is 2.00. The molecule has 0 amide bonds. The van der Waals surface area contributed by atoms with Crippen molar-refractivity contribution in [1.29, 1.82) is 0 Å². The van der Waals surface area contributed by atoms with E-state index in [1.807, 2.05) is 22.6 Å². The van der Waals surface area contributed by atoms with Gasteiger partial charge in [-0.1, -0.05) is 0 Å². The summed E-state index contributed by atoms with van der Waals surface area (Å²) < 4.78 is 24.0. The molecule has 1 aromatic rings. The summed E-state index contributed by atoms with van der Waals surface area (Å²) in [6.07, 6.45) is 0.582. The maximum Gasteiger partial charge on any atom is 0.347 e. The minimum Gasteiger partial charge on any atom is -0.477 e. The number of benzene rings is 1. The fraction of sp³-hybridized carbons (Fsp3) is 0.364. The highest BCUT2D eigenvalue weighted by Crippen LogP contribution is 2.33. The molecule has 16 heavy (non-hydrogen) atoms. The molecule has 0 saturated carbocycles. The molecule has 5 heteroatoms. The molecule has 86 valence electrons. The first-order valence-electron chi connectivity index (χ1n) is 4.84. The number of esters is 1. The Morgan fingerprint density at radius 3 is 3.06 bits per heavy atom. The van der Waals surface area contributed by atoms with E-state index in [4.69, 9.17) is 4.74 Å². The van der Waals surface area contributed by atoms with Crippen LogP contribution in [-0.4, -0.2) is 19.2 Å². The number of hydrogen-bond donors (Lipinski definition) is 0. The molecule has 0 spiro atoms. The van der Waals surface area contributed by atoms with Crippen LogP contribution in [0.15, 0.2) is 12.1 Å². The van der Waals surface area contributed by atoms with E-state index in [0.29, 0.717) is 22.2 Å². The van der Waals surface area contributed by atoms with Gasteiger partial charge in [-0.15, -0.1) is 0 Å². The minimum atomic E-state index is -0.573. The Morgan fingerprint density at radius 1 is 1.62 bits per heavy atom. The Balaban J connectivity index is 2.30. The number of methoxy groups -OCH3 is 1. The van der Waals surface area contributed by atoms with Gasteiger partial charge in [0.1, 0.15) is 11.6 Å². The molecule has 1 atom stereocenters. The summed E-state index contributed by atoms with van der Waals surface area (Å²) in [5, 5.41) is 0. The SMILES string of the molecule is COC(=O)C1CCc2cc(F)cc(I)c2O1. The molecule has 0 aromatic heterocycles. The summed E-state index contributed by atoms with van der Waals surface area (Å²) in [5.74, 6) is -0.0577. The zero-order valence-corrected chi connectivity index (χ0v) is 10.8. The van der Waals surface area contributed by atoms with Crippen LogP contribution in [0.5, 0.6) is 5.75 Å². The number of aryl methyl sites for hydroxylation is 1. The van der Waals surface area contributed by atoms with Crippen LogP contribution in [0.25, 0.3) is 0 Å². The molecular weight excluding hydrogens is 326 g/mol. The van der Waals surface area contributed by atoms with Gasteiger partial charge in [0.15, 0.2) is 6.10 Å². The highest BCUT2D eigenvalue weighted by molar-refractivity contribution is 14.1. The predicted molar refractivity (Wildman–Crippen MR) is 63.9 cm³/mol. The molecule has 1 aliphatic rings. The second kappa shape index (κ2) is 4.57. The average molecular weight is 336 g/mol. The molecular formula is C11H10FIO3. The van der Waals surface area contributed by atoms with E-state index in [1.54, 1.807) is 0 Å². The Bertz CT molecular complexity index is 433. The first-order chi connectivity index (χ1) is 7.61. The molecule has 0 radical (unpaired) electrons. The van der Waals surface area contributed by atoms with Crippen molar-refractivity contribution < 1.29 is 18.7 Å². The number of carbonyl (C=O) groups is 1. The Kier molecular flexibility index (Phi) is 3.32. The van der Waals surface area contributed by atoms with Crippen molar-refractivity contribution in [3.63, 3.8) is 0 Å². The largest absolute Gasteiger partial charge is 0.477 e. The summed E-state index contributed by atoms with van der Waals surface area (Å²) in [7, 11) is 1.33. The standard InChI is InChI=1S/C11H10FIO3/c1-15-11(14)9-3-2-6-4-7(12)5-8(13)10(6)16-9/h4-5,9H,2-3H2,1H3. The quantitative estimate of drug-likeness (QED) is 0.583. The van der Waals surface area contributed by atoms with Gasteiger partial charge < -0.3 is 9.47 Å². The summed E-state index contributed by atoms with van der Waals surface area (Å²) in [5.41, 5.74) is 0.810. The van der Waals surface area contributed by atoms with Gasteiger partial charge in [-0.05, 0) is 53.1 Å². The highest BCUT2D eigenvalue weighted by Gasteiger charge is 2.28. The number of halogens is 2. The number of hydrogen-bond acceptors (Lipinski definition) is 3. The molecule has 0 saturated heterocycles. The molecule has 1 heterocycles. The van der Waals surface area contributed by atoms with Crippen LogP contribution < -0.4 is 4.74 Å². The van der Waals surface area contributed by atoms with Crippen LogP contribution in [0.2, 0.25) is 0 Å². The lowest BCUT2D eigenvalue weighted by molar-refractivity contribution is -0.149. The Labute approximate surface area is 106 Å². The zero-order chi connectivity index (χ0) is 11.7. The normalized spacial score (nSPS) is 18.6. The van der Waals surface area contributed by atoms with Crippen molar-refractivity contribution in [2.75, 3.05) is 7.11 Å². The lowest BCUT2D eigenvalue weighted by Gasteiger charge is -2.25. The smallest absolute Gasteiger partial charge is 0.347 e. The first-order valence-corrected chi connectivity index (χ1v) is 5.92. The molecule has 0 N–H and O–H groups in total. The van der Waals surface area contributed by atoms with Gasteiger partial charge in [-0.2, -0.15) is 0 Å². The third-order valence-corrected chi connectivity index (χ3v) is 3.29. The summed E-state index contributed by atoms with van der Waals surface area (Å²) in [4.78, 5) is 11.3. The van der Waals surface area contributed by atoms with E-state index in [-0.39, 0.29) is 11.8 Å². The lowest BCUT2D eigenvalue weighted by Crippen LogP contribution is -2.32. The van der Waals surface area contributed by atoms with Crippen molar-refractivity contribution in [2.24, 2.45) is 0 Å². The van der Waals surface area contributed by atoms with Crippen LogP contribution in [0, 0.1) is 9.39 Å². The fourth-order valence-electron chi connectivity index (χ4n) is 1.72. The molecule has 3 nitrogen and oxygen atoms in total. The number of rotatable bonds is 1. The minimum absolute atomic E-state index is 0.275. The number of carbonyl (C=O) groups excluding carboxylic acids is 1. The van der Waals surface area contributed by atoms with E-state index in [1.165, 1.54) is 19.2 Å². The van der Waals surface area contributed by atoms with Gasteiger partial charge in [0, 0.05) is 0 Å². The number of fused-ring (bicyclic) bond motifs is 1. The molecule has 1 unspecified atom stereocenters. The fourth-order valence-corrected chi connectivity index (χ4v) is 2.49. The molecule has 1 aromatic carbocycles. The van der Waals surface area contributed by atoms with E-state index in [2.05, 4.69) is 4.74 Å². The van der Waals surface area contributed by atoms with E-state index in [9.17, 15) is 9.18 Å². The maximum atomic E-state index is 13.1. The second-order valence-electron chi connectivity index (χ2n) is 3.54. The third-order valence-electron chi connectivity index (χ3n) is 2.49. The van der Waals surface area contributed by atoms with Crippen molar-refractivity contribution in [3.8, 4) is 5.75 Å². The second-order valence-corrected chi connectivity index (χ2v) is 4.71. The van der Waals surface area contributed by atoms with E-state index < -0.39 is 6.10 Å². The van der Waals surface area contributed by atoms with E-state index in [0.717, 1.165) is 5.56 Å². The monoisotopic (exact) mass is 336 g/mol. The molecule has 2 rings (SSSR count). The van der Waals surface area contributed by atoms with Crippen LogP contribution in [0.4, 0.5) is 4.39 Å². The van der Waals surface area contributed by atoms with Crippen LogP contribution in [0.1, 0.15) is 12.0 Å². The maximum absolute atomic E-state index is 13.1. The predicted octanol–water partition coefficient (Wildman–Crippen LogP) is 2.30. The van der Waals surface area contributed by atoms with Gasteiger partial charge in [0.2, 0.25) is 0 Å². The van der Waals surface area contributed by atoms with Gasteiger partial charge in [-0.25, -0.2) is 9.18 Å². The van der Waals surface area contributed by atoms with Gasteiger partial charge >= 0.3 is 5.97 Å². The molecule has 1 aliphatic heterocycles. The van der Waals surface area contributed by atoms with Gasteiger partial charge in [0.25, 0.3) is 0 Å². The average Bonchev–Trinajstić information content (AvgIpc) is 2.27. The first kappa shape index (κ1) is 11.6. The third kappa shape index (κ3) is 2.14. The topological polar surface area (TPSA) is 35.5 Å². The van der Waals surface area contributed by atoms with Gasteiger partial charge in [-0.3, -0.25) is 0 Å². The van der Waals surface area contributed by atoms with Crippen LogP contribution in [0.3, 0.4) is 0 Å². The Morgan fingerprint density at radius 2 is 2.38 bits per heavy atom. The molecule has 0 fully saturated rings. The molecule has 0 aliphatic carbocycles. The lowest BCUT2D eigenvalue weighted by atomic mass is 10.0. The summed E-state index contributed by atoms with van der Waals surface area (Å²) in [6, 6.07) is 2.84. The summed E-state index contributed by atoms with van der Waals surface area (Å²) in [6.45, 7) is 0. The number of ether oxygens (including phenoxy) is 2. The van der Waals surface area contributed by atoms with E-state index >= 15 is 0 Å². The van der Waals surface area contributed by atoms with Gasteiger partial charge in [0.05, 0.1) is 10.7 Å². The van der Waals surface area contributed by atoms with Crippen molar-refractivity contribution in [1.82, 2.24) is 0 Å². The van der Waals surface area contributed by atoms with Crippen LogP contribution in [-0.2, 0) is 16.0 Å². The van der Waals surface area contributed by atoms with Crippen molar-refractivity contribution in [2.45, 2.75) is 18.9 Å². The molecule has 0 bridgehead atoms.